The van der Waals surface area contributed by atoms with E-state index in [1.807, 2.05) is 17.9 Å². The summed E-state index contributed by atoms with van der Waals surface area (Å²) in [6, 6.07) is 0.497. The van der Waals surface area contributed by atoms with Gasteiger partial charge in [-0.15, -0.1) is 0 Å². The average Bonchev–Trinajstić information content (AvgIpc) is 2.72. The fourth-order valence-corrected chi connectivity index (χ4v) is 3.16. The lowest BCUT2D eigenvalue weighted by atomic mass is 9.77. The van der Waals surface area contributed by atoms with E-state index in [1.165, 1.54) is 31.2 Å². The summed E-state index contributed by atoms with van der Waals surface area (Å²) < 4.78 is 1.91. The van der Waals surface area contributed by atoms with Crippen molar-refractivity contribution in [1.29, 1.82) is 0 Å². The molecule has 1 heterocycles. The van der Waals surface area contributed by atoms with E-state index in [9.17, 15) is 0 Å². The molecule has 3 nitrogen and oxygen atoms in total. The minimum absolute atomic E-state index is 0.497. The van der Waals surface area contributed by atoms with Crippen LogP contribution in [-0.2, 0) is 7.05 Å². The van der Waals surface area contributed by atoms with Gasteiger partial charge in [0, 0.05) is 24.8 Å². The molecule has 1 N–H and O–H groups in total. The summed E-state index contributed by atoms with van der Waals surface area (Å²) in [4.78, 5) is 0. The van der Waals surface area contributed by atoms with Gasteiger partial charge in [0.2, 0.25) is 0 Å². The number of hydrogen-bond donors (Lipinski definition) is 1. The van der Waals surface area contributed by atoms with E-state index < -0.39 is 0 Å². The predicted molar refractivity (Wildman–Crippen MR) is 70.7 cm³/mol. The van der Waals surface area contributed by atoms with Gasteiger partial charge in [-0.2, -0.15) is 5.10 Å². The molecule has 0 saturated heterocycles. The van der Waals surface area contributed by atoms with Crippen molar-refractivity contribution >= 4 is 0 Å². The summed E-state index contributed by atoms with van der Waals surface area (Å²) in [7, 11) is 2.00. The molecule has 3 heteroatoms. The number of nitrogens with one attached hydrogen (secondary N) is 1. The summed E-state index contributed by atoms with van der Waals surface area (Å²) in [6.45, 7) is 5.61. The van der Waals surface area contributed by atoms with Gasteiger partial charge in [0.25, 0.3) is 0 Å². The molecule has 17 heavy (non-hydrogen) atoms. The second kappa shape index (κ2) is 5.67. The van der Waals surface area contributed by atoms with Gasteiger partial charge in [-0.05, 0) is 31.2 Å². The first kappa shape index (κ1) is 12.6. The Hall–Kier alpha value is -0.830. The zero-order valence-corrected chi connectivity index (χ0v) is 11.3. The van der Waals surface area contributed by atoms with E-state index in [1.54, 1.807) is 0 Å². The lowest BCUT2D eigenvalue weighted by Crippen LogP contribution is -2.31. The van der Waals surface area contributed by atoms with Gasteiger partial charge >= 0.3 is 0 Å². The van der Waals surface area contributed by atoms with Crippen LogP contribution in [0, 0.1) is 11.8 Å². The van der Waals surface area contributed by atoms with Crippen LogP contribution in [0.25, 0.3) is 0 Å². The maximum atomic E-state index is 4.31. The van der Waals surface area contributed by atoms with Gasteiger partial charge in [0.05, 0.1) is 6.20 Å². The molecule has 3 atom stereocenters. The fraction of sp³-hybridized carbons (Fsp3) is 0.786. The highest BCUT2D eigenvalue weighted by molar-refractivity contribution is 5.12. The van der Waals surface area contributed by atoms with Crippen molar-refractivity contribution in [3.63, 3.8) is 0 Å². The van der Waals surface area contributed by atoms with Gasteiger partial charge in [-0.1, -0.05) is 26.7 Å². The van der Waals surface area contributed by atoms with Crippen LogP contribution in [0.3, 0.4) is 0 Å². The molecule has 1 aliphatic rings. The fourth-order valence-electron chi connectivity index (χ4n) is 3.16. The minimum Gasteiger partial charge on any atom is -0.310 e. The number of hydrogen-bond acceptors (Lipinski definition) is 2. The van der Waals surface area contributed by atoms with Crippen molar-refractivity contribution in [3.05, 3.63) is 18.0 Å². The molecule has 1 saturated carbocycles. The minimum atomic E-state index is 0.497. The van der Waals surface area contributed by atoms with Crippen LogP contribution in [0.1, 0.15) is 51.1 Å². The van der Waals surface area contributed by atoms with Crippen molar-refractivity contribution in [3.8, 4) is 0 Å². The van der Waals surface area contributed by atoms with E-state index in [4.69, 9.17) is 0 Å². The standard InChI is InChI=1S/C14H25N3/c1-4-15-14(13-9-16-17(3)10-13)12-7-5-6-11(2)8-12/h9-12,14-15H,4-8H2,1-3H3. The van der Waals surface area contributed by atoms with Crippen LogP contribution in [0.15, 0.2) is 12.4 Å². The van der Waals surface area contributed by atoms with Crippen LogP contribution in [0.4, 0.5) is 0 Å². The topological polar surface area (TPSA) is 29.9 Å². The molecule has 0 amide bonds. The largest absolute Gasteiger partial charge is 0.310 e. The molecule has 96 valence electrons. The third-order valence-corrected chi connectivity index (χ3v) is 3.96. The first-order valence-corrected chi connectivity index (χ1v) is 6.92. The van der Waals surface area contributed by atoms with Crippen LogP contribution in [0.5, 0.6) is 0 Å². The predicted octanol–water partition coefficient (Wildman–Crippen LogP) is 2.90. The summed E-state index contributed by atoms with van der Waals surface area (Å²) in [5, 5.41) is 7.96. The highest BCUT2D eigenvalue weighted by Crippen LogP contribution is 2.36. The quantitative estimate of drug-likeness (QED) is 0.869. The maximum absolute atomic E-state index is 4.31. The molecule has 1 aromatic heterocycles. The Bertz CT molecular complexity index is 345. The number of nitrogens with zero attached hydrogens (tertiary/aromatic N) is 2. The van der Waals surface area contributed by atoms with Gasteiger partial charge in [-0.25, -0.2) is 0 Å². The van der Waals surface area contributed by atoms with Crippen LogP contribution >= 0.6 is 0 Å². The zero-order chi connectivity index (χ0) is 12.3. The van der Waals surface area contributed by atoms with E-state index in [2.05, 4.69) is 30.5 Å². The van der Waals surface area contributed by atoms with Crippen molar-refractivity contribution in [1.82, 2.24) is 15.1 Å². The molecular weight excluding hydrogens is 210 g/mol. The molecule has 1 aliphatic carbocycles. The monoisotopic (exact) mass is 235 g/mol. The lowest BCUT2D eigenvalue weighted by molar-refractivity contribution is 0.225. The highest BCUT2D eigenvalue weighted by Gasteiger charge is 2.27. The third kappa shape index (κ3) is 3.09. The molecular formula is C14H25N3. The van der Waals surface area contributed by atoms with Gasteiger partial charge in [0.15, 0.2) is 0 Å². The van der Waals surface area contributed by atoms with Crippen molar-refractivity contribution < 1.29 is 0 Å². The second-order valence-corrected chi connectivity index (χ2v) is 5.51. The zero-order valence-electron chi connectivity index (χ0n) is 11.3. The highest BCUT2D eigenvalue weighted by atomic mass is 15.2. The Kier molecular flexibility index (Phi) is 4.21. The number of rotatable bonds is 4. The Morgan fingerprint density at radius 1 is 1.53 bits per heavy atom. The Balaban J connectivity index is 2.10. The molecule has 0 bridgehead atoms. The van der Waals surface area contributed by atoms with Gasteiger partial charge in [0.1, 0.15) is 0 Å². The van der Waals surface area contributed by atoms with Gasteiger partial charge in [-0.3, -0.25) is 4.68 Å². The molecule has 0 aliphatic heterocycles. The molecule has 0 radical (unpaired) electrons. The van der Waals surface area contributed by atoms with E-state index in [-0.39, 0.29) is 0 Å². The maximum Gasteiger partial charge on any atom is 0.0537 e. The summed E-state index contributed by atoms with van der Waals surface area (Å²) in [5.74, 6) is 1.66. The van der Waals surface area contributed by atoms with Crippen LogP contribution < -0.4 is 5.32 Å². The van der Waals surface area contributed by atoms with E-state index >= 15 is 0 Å². The summed E-state index contributed by atoms with van der Waals surface area (Å²) in [5.41, 5.74) is 1.36. The van der Waals surface area contributed by atoms with Crippen molar-refractivity contribution in [2.75, 3.05) is 6.54 Å². The van der Waals surface area contributed by atoms with E-state index in [0.29, 0.717) is 6.04 Å². The van der Waals surface area contributed by atoms with Crippen molar-refractivity contribution in [2.45, 2.75) is 45.6 Å². The van der Waals surface area contributed by atoms with Gasteiger partial charge < -0.3 is 5.32 Å². The Morgan fingerprint density at radius 2 is 2.35 bits per heavy atom. The molecule has 2 rings (SSSR count). The third-order valence-electron chi connectivity index (χ3n) is 3.96. The van der Waals surface area contributed by atoms with Crippen LogP contribution in [-0.4, -0.2) is 16.3 Å². The molecule has 0 spiro atoms. The average molecular weight is 235 g/mol. The normalized spacial score (nSPS) is 27.0. The van der Waals surface area contributed by atoms with E-state index in [0.717, 1.165) is 18.4 Å². The Labute approximate surface area is 105 Å². The Morgan fingerprint density at radius 3 is 2.94 bits per heavy atom. The van der Waals surface area contributed by atoms with Crippen LogP contribution in [0.2, 0.25) is 0 Å². The first-order chi connectivity index (χ1) is 8.20. The summed E-state index contributed by atoms with van der Waals surface area (Å²) >= 11 is 0. The number of aryl methyl sites for hydroxylation is 1. The molecule has 1 fully saturated rings. The second-order valence-electron chi connectivity index (χ2n) is 5.51. The molecule has 1 aromatic rings. The molecule has 0 aromatic carbocycles. The van der Waals surface area contributed by atoms with Crippen molar-refractivity contribution in [2.24, 2.45) is 18.9 Å². The summed E-state index contributed by atoms with van der Waals surface area (Å²) in [6.07, 6.45) is 9.68. The molecule has 3 unspecified atom stereocenters. The number of aromatic nitrogens is 2. The lowest BCUT2D eigenvalue weighted by Gasteiger charge is -2.33. The first-order valence-electron chi connectivity index (χ1n) is 6.92. The SMILES string of the molecule is CCNC(c1cnn(C)c1)C1CCCC(C)C1. The smallest absolute Gasteiger partial charge is 0.0537 e.